The van der Waals surface area contributed by atoms with Crippen molar-refractivity contribution in [2.75, 3.05) is 38.1 Å². The number of nitrogens with one attached hydrogen (secondary N) is 1. The van der Waals surface area contributed by atoms with Crippen molar-refractivity contribution in [2.24, 2.45) is 0 Å². The Morgan fingerprint density at radius 2 is 1.89 bits per heavy atom. The number of nitro benzene ring substituents is 1. The standard InChI is InChI=1S/C19H21N7O2/c1-13-11-15(5-6-20-13)19-21-18(22-23-19)14-3-4-16(17(12-14)26(27)28)25-9-7-24(2)8-10-25/h3-6,11-12H,7-10H2,1-2H3,(H,21,22,23). The normalized spacial score (nSPS) is 15.0. The Morgan fingerprint density at radius 3 is 2.61 bits per heavy atom. The van der Waals surface area contributed by atoms with E-state index in [9.17, 15) is 10.1 Å². The van der Waals surface area contributed by atoms with Crippen molar-refractivity contribution in [3.05, 3.63) is 52.3 Å². The van der Waals surface area contributed by atoms with E-state index in [2.05, 4.69) is 37.0 Å². The summed E-state index contributed by atoms with van der Waals surface area (Å²) in [6, 6.07) is 8.94. The van der Waals surface area contributed by atoms with E-state index in [0.717, 1.165) is 37.4 Å². The van der Waals surface area contributed by atoms with Crippen LogP contribution in [0.1, 0.15) is 5.69 Å². The first-order chi connectivity index (χ1) is 13.5. The molecule has 0 unspecified atom stereocenters. The van der Waals surface area contributed by atoms with Gasteiger partial charge in [0.05, 0.1) is 4.92 Å². The predicted octanol–water partition coefficient (Wildman–Crippen LogP) is 2.50. The molecule has 9 heteroatoms. The fourth-order valence-corrected chi connectivity index (χ4v) is 3.34. The number of anilines is 1. The number of nitrogens with zero attached hydrogens (tertiary/aromatic N) is 6. The second-order valence-corrected chi connectivity index (χ2v) is 6.94. The molecule has 2 aromatic heterocycles. The molecule has 3 aromatic rings. The molecule has 0 saturated carbocycles. The van der Waals surface area contributed by atoms with E-state index in [1.54, 1.807) is 18.3 Å². The van der Waals surface area contributed by atoms with Gasteiger partial charge in [-0.15, -0.1) is 0 Å². The van der Waals surface area contributed by atoms with Crippen LogP contribution in [0.4, 0.5) is 11.4 Å². The number of aromatic nitrogens is 4. The minimum absolute atomic E-state index is 0.0770. The molecule has 1 fully saturated rings. The van der Waals surface area contributed by atoms with E-state index in [4.69, 9.17) is 0 Å². The van der Waals surface area contributed by atoms with Crippen molar-refractivity contribution < 1.29 is 4.92 Å². The molecular weight excluding hydrogens is 358 g/mol. The second-order valence-electron chi connectivity index (χ2n) is 6.94. The summed E-state index contributed by atoms with van der Waals surface area (Å²) in [5.74, 6) is 1.03. The van der Waals surface area contributed by atoms with Crippen molar-refractivity contribution >= 4 is 11.4 Å². The number of pyridine rings is 1. The lowest BCUT2D eigenvalue weighted by Crippen LogP contribution is -2.44. The lowest BCUT2D eigenvalue weighted by molar-refractivity contribution is -0.384. The summed E-state index contributed by atoms with van der Waals surface area (Å²) in [5, 5.41) is 18.8. The number of aryl methyl sites for hydroxylation is 1. The van der Waals surface area contributed by atoms with Crippen LogP contribution in [0.15, 0.2) is 36.5 Å². The van der Waals surface area contributed by atoms with Gasteiger partial charge < -0.3 is 9.80 Å². The maximum absolute atomic E-state index is 11.7. The third kappa shape index (κ3) is 3.56. The first-order valence-electron chi connectivity index (χ1n) is 9.09. The number of nitro groups is 1. The van der Waals surface area contributed by atoms with Gasteiger partial charge in [0, 0.05) is 55.3 Å². The number of rotatable bonds is 4. The molecule has 0 radical (unpaired) electrons. The van der Waals surface area contributed by atoms with Crippen molar-refractivity contribution in [1.82, 2.24) is 25.1 Å². The molecule has 9 nitrogen and oxygen atoms in total. The fourth-order valence-electron chi connectivity index (χ4n) is 3.34. The largest absolute Gasteiger partial charge is 0.363 e. The molecule has 0 aliphatic carbocycles. The highest BCUT2D eigenvalue weighted by molar-refractivity contribution is 5.72. The van der Waals surface area contributed by atoms with Gasteiger partial charge >= 0.3 is 0 Å². The highest BCUT2D eigenvalue weighted by atomic mass is 16.6. The van der Waals surface area contributed by atoms with Gasteiger partial charge in [-0.1, -0.05) is 0 Å². The Bertz CT molecular complexity index is 1010. The van der Waals surface area contributed by atoms with Crippen LogP contribution in [0.5, 0.6) is 0 Å². The zero-order chi connectivity index (χ0) is 19.7. The molecule has 0 spiro atoms. The molecule has 1 N–H and O–H groups in total. The summed E-state index contributed by atoms with van der Waals surface area (Å²) in [7, 11) is 2.06. The van der Waals surface area contributed by atoms with Crippen LogP contribution in [-0.2, 0) is 0 Å². The molecule has 1 aliphatic heterocycles. The summed E-state index contributed by atoms with van der Waals surface area (Å²) >= 11 is 0. The minimum atomic E-state index is -0.336. The van der Waals surface area contributed by atoms with Crippen LogP contribution in [0.2, 0.25) is 0 Å². The number of hydrogen-bond donors (Lipinski definition) is 1. The quantitative estimate of drug-likeness (QED) is 0.548. The smallest absolute Gasteiger partial charge is 0.293 e. The first-order valence-corrected chi connectivity index (χ1v) is 9.09. The highest BCUT2D eigenvalue weighted by Crippen LogP contribution is 2.33. The van der Waals surface area contributed by atoms with E-state index < -0.39 is 0 Å². The molecule has 3 heterocycles. The number of piperazine rings is 1. The molecule has 4 rings (SSSR count). The number of likely N-dealkylation sites (N-methyl/N-ethyl adjacent to an activating group) is 1. The van der Waals surface area contributed by atoms with Crippen LogP contribution in [0, 0.1) is 17.0 Å². The van der Waals surface area contributed by atoms with Gasteiger partial charge in [0.2, 0.25) is 0 Å². The Labute approximate surface area is 162 Å². The van der Waals surface area contributed by atoms with E-state index in [-0.39, 0.29) is 10.6 Å². The SMILES string of the molecule is Cc1cc(-c2nc(-c3ccc(N4CCN(C)CC4)c([N+](=O)[O-])c3)n[nH]2)ccn1. The lowest BCUT2D eigenvalue weighted by Gasteiger charge is -2.33. The zero-order valence-corrected chi connectivity index (χ0v) is 15.8. The molecule has 0 atom stereocenters. The van der Waals surface area contributed by atoms with Gasteiger partial charge in [0.15, 0.2) is 11.6 Å². The molecule has 1 aliphatic rings. The van der Waals surface area contributed by atoms with Gasteiger partial charge in [-0.05, 0) is 38.2 Å². The van der Waals surface area contributed by atoms with Gasteiger partial charge in [-0.25, -0.2) is 4.98 Å². The Balaban J connectivity index is 1.66. The van der Waals surface area contributed by atoms with E-state index in [1.165, 1.54) is 0 Å². The second kappa shape index (κ2) is 7.35. The van der Waals surface area contributed by atoms with Gasteiger partial charge in [0.1, 0.15) is 5.69 Å². The van der Waals surface area contributed by atoms with Crippen LogP contribution >= 0.6 is 0 Å². The number of benzene rings is 1. The van der Waals surface area contributed by atoms with Crippen LogP contribution in [-0.4, -0.2) is 63.2 Å². The number of hydrogen-bond acceptors (Lipinski definition) is 7. The van der Waals surface area contributed by atoms with Crippen molar-refractivity contribution in [3.8, 4) is 22.8 Å². The lowest BCUT2D eigenvalue weighted by atomic mass is 10.1. The first kappa shape index (κ1) is 18.1. The zero-order valence-electron chi connectivity index (χ0n) is 15.8. The maximum Gasteiger partial charge on any atom is 0.293 e. The summed E-state index contributed by atoms with van der Waals surface area (Å²) < 4.78 is 0. The van der Waals surface area contributed by atoms with Crippen LogP contribution in [0.25, 0.3) is 22.8 Å². The summed E-state index contributed by atoms with van der Waals surface area (Å²) in [6.07, 6.45) is 1.71. The Morgan fingerprint density at radius 1 is 1.11 bits per heavy atom. The topological polar surface area (TPSA) is 104 Å². The molecule has 1 saturated heterocycles. The third-order valence-electron chi connectivity index (χ3n) is 4.93. The van der Waals surface area contributed by atoms with E-state index >= 15 is 0 Å². The van der Waals surface area contributed by atoms with Gasteiger partial charge in [-0.3, -0.25) is 20.2 Å². The number of H-pyrrole nitrogens is 1. The summed E-state index contributed by atoms with van der Waals surface area (Å²) in [5.41, 5.74) is 3.07. The van der Waals surface area contributed by atoms with Gasteiger partial charge in [-0.2, -0.15) is 5.10 Å². The van der Waals surface area contributed by atoms with Crippen molar-refractivity contribution in [3.63, 3.8) is 0 Å². The predicted molar refractivity (Wildman–Crippen MR) is 106 cm³/mol. The monoisotopic (exact) mass is 379 g/mol. The summed E-state index contributed by atoms with van der Waals surface area (Å²) in [6.45, 7) is 5.20. The molecule has 28 heavy (non-hydrogen) atoms. The minimum Gasteiger partial charge on any atom is -0.363 e. The van der Waals surface area contributed by atoms with Crippen LogP contribution in [0.3, 0.4) is 0 Å². The maximum atomic E-state index is 11.7. The van der Waals surface area contributed by atoms with Gasteiger partial charge in [0.25, 0.3) is 5.69 Å². The fraction of sp³-hybridized carbons (Fsp3) is 0.316. The van der Waals surface area contributed by atoms with E-state index in [1.807, 2.05) is 25.1 Å². The average molecular weight is 379 g/mol. The average Bonchev–Trinajstić information content (AvgIpc) is 3.18. The molecule has 1 aromatic carbocycles. The Kier molecular flexibility index (Phi) is 4.74. The van der Waals surface area contributed by atoms with E-state index in [0.29, 0.717) is 22.9 Å². The van der Waals surface area contributed by atoms with Crippen molar-refractivity contribution in [1.29, 1.82) is 0 Å². The van der Waals surface area contributed by atoms with Crippen LogP contribution < -0.4 is 4.90 Å². The highest BCUT2D eigenvalue weighted by Gasteiger charge is 2.24. The molecular formula is C19H21N7O2. The Hall–Kier alpha value is -3.33. The molecule has 0 amide bonds. The third-order valence-corrected chi connectivity index (χ3v) is 4.93. The molecule has 0 bridgehead atoms. The molecule has 144 valence electrons. The number of aromatic amines is 1. The summed E-state index contributed by atoms with van der Waals surface area (Å²) in [4.78, 5) is 24.3. The van der Waals surface area contributed by atoms with Crippen molar-refractivity contribution in [2.45, 2.75) is 6.92 Å².